The van der Waals surface area contributed by atoms with Gasteiger partial charge >= 0.3 is 0 Å². The standard InChI is InChI=1S/C19H33N/c1-3-5-7-8-10-12-17(11-9-6-4-2)18-13-15-19(20)16-14-18/h13-17H,3-12,20H2,1-2H3. The number of benzene rings is 1. The first-order valence-corrected chi connectivity index (χ1v) is 8.63. The lowest BCUT2D eigenvalue weighted by molar-refractivity contribution is 0.498. The molecule has 1 atom stereocenters. The van der Waals surface area contributed by atoms with E-state index in [1.54, 1.807) is 0 Å². The smallest absolute Gasteiger partial charge is 0.0314 e. The molecule has 20 heavy (non-hydrogen) atoms. The van der Waals surface area contributed by atoms with E-state index in [0.717, 1.165) is 11.6 Å². The predicted octanol–water partition coefficient (Wildman–Crippen LogP) is 6.29. The van der Waals surface area contributed by atoms with Crippen LogP contribution in [0.4, 0.5) is 5.69 Å². The minimum atomic E-state index is 0.740. The number of hydrogen-bond acceptors (Lipinski definition) is 1. The molecule has 0 aliphatic carbocycles. The minimum Gasteiger partial charge on any atom is -0.399 e. The molecule has 0 aliphatic rings. The van der Waals surface area contributed by atoms with Crippen molar-refractivity contribution in [1.82, 2.24) is 0 Å². The quantitative estimate of drug-likeness (QED) is 0.372. The van der Waals surface area contributed by atoms with Crippen molar-refractivity contribution in [3.63, 3.8) is 0 Å². The number of hydrogen-bond donors (Lipinski definition) is 1. The molecular formula is C19H33N. The summed E-state index contributed by atoms with van der Waals surface area (Å²) >= 11 is 0. The molecular weight excluding hydrogens is 242 g/mol. The fourth-order valence-electron chi connectivity index (χ4n) is 2.88. The first-order valence-electron chi connectivity index (χ1n) is 8.63. The van der Waals surface area contributed by atoms with Gasteiger partial charge in [-0.2, -0.15) is 0 Å². The summed E-state index contributed by atoms with van der Waals surface area (Å²) < 4.78 is 0. The molecule has 1 aromatic rings. The second-order valence-corrected chi connectivity index (χ2v) is 6.06. The van der Waals surface area contributed by atoms with E-state index in [9.17, 15) is 0 Å². The zero-order valence-corrected chi connectivity index (χ0v) is 13.5. The Morgan fingerprint density at radius 3 is 1.85 bits per heavy atom. The molecule has 0 aliphatic heterocycles. The fourth-order valence-corrected chi connectivity index (χ4v) is 2.88. The number of unbranched alkanes of at least 4 members (excludes halogenated alkanes) is 6. The lowest BCUT2D eigenvalue weighted by Crippen LogP contribution is -2.00. The van der Waals surface area contributed by atoms with E-state index in [-0.39, 0.29) is 0 Å². The Morgan fingerprint density at radius 1 is 0.750 bits per heavy atom. The third-order valence-corrected chi connectivity index (χ3v) is 4.22. The molecule has 0 bridgehead atoms. The third-order valence-electron chi connectivity index (χ3n) is 4.22. The van der Waals surface area contributed by atoms with Crippen LogP contribution in [0.3, 0.4) is 0 Å². The van der Waals surface area contributed by atoms with Crippen LogP contribution in [0.2, 0.25) is 0 Å². The van der Waals surface area contributed by atoms with E-state index in [1.165, 1.54) is 69.8 Å². The van der Waals surface area contributed by atoms with E-state index in [0.29, 0.717) is 0 Å². The Kier molecular flexibility index (Phi) is 9.19. The molecule has 0 aromatic heterocycles. The predicted molar refractivity (Wildman–Crippen MR) is 91.1 cm³/mol. The second kappa shape index (κ2) is 10.8. The minimum absolute atomic E-state index is 0.740. The molecule has 1 rings (SSSR count). The Labute approximate surface area is 126 Å². The van der Waals surface area contributed by atoms with Gasteiger partial charge in [-0.25, -0.2) is 0 Å². The van der Waals surface area contributed by atoms with Crippen molar-refractivity contribution in [3.05, 3.63) is 29.8 Å². The van der Waals surface area contributed by atoms with Gasteiger partial charge < -0.3 is 5.73 Å². The summed E-state index contributed by atoms with van der Waals surface area (Å²) in [5, 5.41) is 0. The van der Waals surface area contributed by atoms with Gasteiger partial charge in [0.05, 0.1) is 0 Å². The summed E-state index contributed by atoms with van der Waals surface area (Å²) in [6, 6.07) is 8.58. The normalized spacial score (nSPS) is 12.5. The van der Waals surface area contributed by atoms with Crippen molar-refractivity contribution in [1.29, 1.82) is 0 Å². The topological polar surface area (TPSA) is 26.0 Å². The average Bonchev–Trinajstić information content (AvgIpc) is 2.46. The molecule has 114 valence electrons. The van der Waals surface area contributed by atoms with Crippen LogP contribution in [0.1, 0.15) is 89.5 Å². The Bertz CT molecular complexity index is 328. The van der Waals surface area contributed by atoms with Crippen molar-refractivity contribution < 1.29 is 0 Å². The van der Waals surface area contributed by atoms with Gasteiger partial charge in [0.2, 0.25) is 0 Å². The van der Waals surface area contributed by atoms with E-state index in [4.69, 9.17) is 5.73 Å². The van der Waals surface area contributed by atoms with E-state index in [2.05, 4.69) is 38.1 Å². The lowest BCUT2D eigenvalue weighted by atomic mass is 9.88. The number of nitrogens with two attached hydrogens (primary N) is 1. The number of rotatable bonds is 11. The number of nitrogen functional groups attached to an aromatic ring is 1. The molecule has 0 heterocycles. The zero-order chi connectivity index (χ0) is 14.6. The first kappa shape index (κ1) is 17.1. The molecule has 0 saturated carbocycles. The average molecular weight is 275 g/mol. The maximum Gasteiger partial charge on any atom is 0.0314 e. The SMILES string of the molecule is CCCCCCCC(CCCCC)c1ccc(N)cc1. The van der Waals surface area contributed by atoms with Gasteiger partial charge in [-0.05, 0) is 36.5 Å². The maximum absolute atomic E-state index is 5.80. The lowest BCUT2D eigenvalue weighted by Gasteiger charge is -2.17. The van der Waals surface area contributed by atoms with Crippen LogP contribution in [0, 0.1) is 0 Å². The highest BCUT2D eigenvalue weighted by Gasteiger charge is 2.10. The molecule has 1 heteroatoms. The van der Waals surface area contributed by atoms with Crippen molar-refractivity contribution >= 4 is 5.69 Å². The molecule has 1 unspecified atom stereocenters. The van der Waals surface area contributed by atoms with Gasteiger partial charge in [0.15, 0.2) is 0 Å². The first-order chi connectivity index (χ1) is 9.77. The van der Waals surface area contributed by atoms with Crippen LogP contribution in [-0.4, -0.2) is 0 Å². The van der Waals surface area contributed by atoms with Gasteiger partial charge in [0.25, 0.3) is 0 Å². The molecule has 0 saturated heterocycles. The summed E-state index contributed by atoms with van der Waals surface area (Å²) in [6.07, 6.45) is 13.6. The van der Waals surface area contributed by atoms with Gasteiger partial charge in [0.1, 0.15) is 0 Å². The summed E-state index contributed by atoms with van der Waals surface area (Å²) in [4.78, 5) is 0. The van der Waals surface area contributed by atoms with E-state index >= 15 is 0 Å². The summed E-state index contributed by atoms with van der Waals surface area (Å²) in [7, 11) is 0. The Hall–Kier alpha value is -0.980. The van der Waals surface area contributed by atoms with Crippen molar-refractivity contribution in [2.24, 2.45) is 0 Å². The van der Waals surface area contributed by atoms with Crippen LogP contribution in [0.25, 0.3) is 0 Å². The largest absolute Gasteiger partial charge is 0.399 e. The molecule has 0 radical (unpaired) electrons. The van der Waals surface area contributed by atoms with Crippen LogP contribution < -0.4 is 5.73 Å². The van der Waals surface area contributed by atoms with E-state index in [1.807, 2.05) is 0 Å². The molecule has 0 spiro atoms. The van der Waals surface area contributed by atoms with Gasteiger partial charge in [-0.3, -0.25) is 0 Å². The van der Waals surface area contributed by atoms with Crippen molar-refractivity contribution in [3.8, 4) is 0 Å². The Morgan fingerprint density at radius 2 is 1.25 bits per heavy atom. The maximum atomic E-state index is 5.80. The molecule has 2 N–H and O–H groups in total. The van der Waals surface area contributed by atoms with Crippen LogP contribution in [0.15, 0.2) is 24.3 Å². The molecule has 0 amide bonds. The third kappa shape index (κ3) is 6.98. The van der Waals surface area contributed by atoms with Gasteiger partial charge in [-0.1, -0.05) is 77.3 Å². The molecule has 1 nitrogen and oxygen atoms in total. The van der Waals surface area contributed by atoms with Crippen molar-refractivity contribution in [2.75, 3.05) is 5.73 Å². The van der Waals surface area contributed by atoms with Crippen LogP contribution in [-0.2, 0) is 0 Å². The van der Waals surface area contributed by atoms with Crippen LogP contribution in [0.5, 0.6) is 0 Å². The molecule has 0 fully saturated rings. The number of anilines is 1. The van der Waals surface area contributed by atoms with Crippen LogP contribution >= 0.6 is 0 Å². The molecule has 1 aromatic carbocycles. The fraction of sp³-hybridized carbons (Fsp3) is 0.684. The van der Waals surface area contributed by atoms with Crippen molar-refractivity contribution in [2.45, 2.75) is 84.0 Å². The van der Waals surface area contributed by atoms with Gasteiger partial charge in [-0.15, -0.1) is 0 Å². The second-order valence-electron chi connectivity index (χ2n) is 6.06. The highest BCUT2D eigenvalue weighted by atomic mass is 14.5. The zero-order valence-electron chi connectivity index (χ0n) is 13.5. The monoisotopic (exact) mass is 275 g/mol. The Balaban J connectivity index is 2.44. The highest BCUT2D eigenvalue weighted by Crippen LogP contribution is 2.29. The summed E-state index contributed by atoms with van der Waals surface area (Å²) in [5.74, 6) is 0.740. The highest BCUT2D eigenvalue weighted by molar-refractivity contribution is 5.40. The summed E-state index contributed by atoms with van der Waals surface area (Å²) in [6.45, 7) is 4.56. The summed E-state index contributed by atoms with van der Waals surface area (Å²) in [5.41, 5.74) is 8.17. The van der Waals surface area contributed by atoms with E-state index < -0.39 is 0 Å². The van der Waals surface area contributed by atoms with Gasteiger partial charge in [0, 0.05) is 5.69 Å².